The smallest absolute Gasteiger partial charge is 0.408 e. The molecule has 5 heteroatoms. The molecule has 0 saturated heterocycles. The van der Waals surface area contributed by atoms with Crippen LogP contribution in [0.4, 0.5) is 4.79 Å². The molecule has 1 aliphatic carbocycles. The van der Waals surface area contributed by atoms with Gasteiger partial charge in [0.1, 0.15) is 12.6 Å². The van der Waals surface area contributed by atoms with E-state index in [1.807, 2.05) is 31.2 Å². The maximum absolute atomic E-state index is 12.1. The number of nitrogens with one attached hydrogen (secondary N) is 1. The highest BCUT2D eigenvalue weighted by Crippen LogP contribution is 2.38. The van der Waals surface area contributed by atoms with Crippen molar-refractivity contribution in [2.45, 2.75) is 39.3 Å². The number of amides is 1. The lowest BCUT2D eigenvalue weighted by molar-refractivity contribution is -0.140. The largest absolute Gasteiger partial charge is 0.480 e. The van der Waals surface area contributed by atoms with Crippen LogP contribution in [0.2, 0.25) is 0 Å². The Bertz CT molecular complexity index is 831. The summed E-state index contributed by atoms with van der Waals surface area (Å²) in [5.41, 5.74) is 5.77. The number of fused-ring (bicyclic) bond motifs is 3. The Morgan fingerprint density at radius 3 is 2.62 bits per heavy atom. The van der Waals surface area contributed by atoms with Crippen molar-refractivity contribution in [3.8, 4) is 11.1 Å². The molecule has 3 rings (SSSR count). The summed E-state index contributed by atoms with van der Waals surface area (Å²) in [6.07, 6.45) is 0.768. The van der Waals surface area contributed by atoms with Crippen molar-refractivity contribution in [2.75, 3.05) is 0 Å². The van der Waals surface area contributed by atoms with Crippen LogP contribution in [0, 0.1) is 5.92 Å². The third-order valence-electron chi connectivity index (χ3n) is 5.06. The van der Waals surface area contributed by atoms with E-state index in [0.717, 1.165) is 12.0 Å². The molecule has 0 saturated carbocycles. The summed E-state index contributed by atoms with van der Waals surface area (Å²) in [5, 5.41) is 11.7. The first-order valence-electron chi connectivity index (χ1n) is 8.86. The summed E-state index contributed by atoms with van der Waals surface area (Å²) in [4.78, 5) is 23.4. The highest BCUT2D eigenvalue weighted by Gasteiger charge is 2.26. The molecular weight excluding hydrogens is 330 g/mol. The van der Waals surface area contributed by atoms with Crippen molar-refractivity contribution in [3.05, 3.63) is 59.2 Å². The predicted molar refractivity (Wildman–Crippen MR) is 98.9 cm³/mol. The summed E-state index contributed by atoms with van der Waals surface area (Å²) in [7, 11) is 0. The molecule has 1 amide bonds. The maximum Gasteiger partial charge on any atom is 0.408 e. The lowest BCUT2D eigenvalue weighted by Gasteiger charge is -2.20. The Labute approximate surface area is 153 Å². The number of carbonyl (C=O) groups excluding carboxylic acids is 1. The van der Waals surface area contributed by atoms with Crippen molar-refractivity contribution in [2.24, 2.45) is 5.92 Å². The first-order valence-corrected chi connectivity index (χ1v) is 8.86. The molecule has 2 aromatic carbocycles. The normalized spacial score (nSPS) is 14.1. The molecule has 2 atom stereocenters. The average Bonchev–Trinajstić information content (AvgIpc) is 3.03. The van der Waals surface area contributed by atoms with Crippen LogP contribution in [0.15, 0.2) is 42.5 Å². The fraction of sp³-hybridized carbons (Fsp3) is 0.333. The first-order chi connectivity index (χ1) is 12.5. The number of hydrogen-bond acceptors (Lipinski definition) is 3. The molecule has 0 fully saturated rings. The summed E-state index contributed by atoms with van der Waals surface area (Å²) < 4.78 is 5.31. The zero-order valence-corrected chi connectivity index (χ0v) is 15.0. The van der Waals surface area contributed by atoms with E-state index in [1.54, 1.807) is 6.92 Å². The molecule has 0 unspecified atom stereocenters. The van der Waals surface area contributed by atoms with E-state index in [0.29, 0.717) is 6.42 Å². The van der Waals surface area contributed by atoms with Crippen LogP contribution in [0.3, 0.4) is 0 Å². The summed E-state index contributed by atoms with van der Waals surface area (Å²) in [5.74, 6) is -1.22. The Morgan fingerprint density at radius 2 is 1.88 bits per heavy atom. The Kier molecular flexibility index (Phi) is 5.26. The number of ether oxygens (including phenoxy) is 1. The van der Waals surface area contributed by atoms with Gasteiger partial charge in [0.25, 0.3) is 0 Å². The fourth-order valence-electron chi connectivity index (χ4n) is 3.35. The molecule has 2 N–H and O–H groups in total. The Hall–Kier alpha value is -2.82. The van der Waals surface area contributed by atoms with Gasteiger partial charge in [0.15, 0.2) is 0 Å². The predicted octanol–water partition coefficient (Wildman–Crippen LogP) is 3.98. The SMILES string of the molecule is CC[C@H](C)[C@@H](NC(=O)OCc1cccc2c1Cc1ccccc1-2)C(=O)O. The Balaban J connectivity index is 1.68. The number of hydrogen-bond donors (Lipinski definition) is 2. The topological polar surface area (TPSA) is 75.6 Å². The van der Waals surface area contributed by atoms with E-state index in [-0.39, 0.29) is 12.5 Å². The van der Waals surface area contributed by atoms with Crippen molar-refractivity contribution >= 4 is 12.1 Å². The number of rotatable bonds is 6. The van der Waals surface area contributed by atoms with Crippen molar-refractivity contribution in [1.29, 1.82) is 0 Å². The molecule has 0 spiro atoms. The zero-order valence-electron chi connectivity index (χ0n) is 15.0. The van der Waals surface area contributed by atoms with Gasteiger partial charge in [-0.05, 0) is 40.2 Å². The minimum Gasteiger partial charge on any atom is -0.480 e. The van der Waals surface area contributed by atoms with E-state index < -0.39 is 18.1 Å². The van der Waals surface area contributed by atoms with Gasteiger partial charge in [0.05, 0.1) is 0 Å². The quantitative estimate of drug-likeness (QED) is 0.703. The fourth-order valence-corrected chi connectivity index (χ4v) is 3.35. The van der Waals surface area contributed by atoms with Gasteiger partial charge in [-0.15, -0.1) is 0 Å². The molecule has 2 aromatic rings. The molecule has 1 aliphatic rings. The Morgan fingerprint density at radius 1 is 1.15 bits per heavy atom. The second kappa shape index (κ2) is 7.60. The number of benzene rings is 2. The summed E-state index contributed by atoms with van der Waals surface area (Å²) in [6, 6.07) is 13.3. The average molecular weight is 353 g/mol. The third kappa shape index (κ3) is 3.57. The van der Waals surface area contributed by atoms with Crippen LogP contribution in [-0.4, -0.2) is 23.2 Å². The second-order valence-electron chi connectivity index (χ2n) is 6.70. The number of carboxylic acid groups (broad SMARTS) is 1. The van der Waals surface area contributed by atoms with Crippen LogP contribution in [0.5, 0.6) is 0 Å². The van der Waals surface area contributed by atoms with Crippen LogP contribution >= 0.6 is 0 Å². The highest BCUT2D eigenvalue weighted by molar-refractivity contribution is 5.80. The monoisotopic (exact) mass is 353 g/mol. The molecule has 26 heavy (non-hydrogen) atoms. The number of carboxylic acids is 1. The number of carbonyl (C=O) groups is 2. The van der Waals surface area contributed by atoms with E-state index in [9.17, 15) is 14.7 Å². The van der Waals surface area contributed by atoms with E-state index in [1.165, 1.54) is 22.3 Å². The lowest BCUT2D eigenvalue weighted by atomic mass is 10.00. The third-order valence-corrected chi connectivity index (χ3v) is 5.06. The highest BCUT2D eigenvalue weighted by atomic mass is 16.5. The molecule has 5 nitrogen and oxygen atoms in total. The van der Waals surface area contributed by atoms with Gasteiger partial charge in [0.2, 0.25) is 0 Å². The van der Waals surface area contributed by atoms with Crippen LogP contribution in [-0.2, 0) is 22.6 Å². The van der Waals surface area contributed by atoms with Gasteiger partial charge < -0.3 is 15.2 Å². The molecule has 0 aromatic heterocycles. The summed E-state index contributed by atoms with van der Waals surface area (Å²) >= 11 is 0. The van der Waals surface area contributed by atoms with E-state index in [4.69, 9.17) is 4.74 Å². The van der Waals surface area contributed by atoms with Crippen LogP contribution < -0.4 is 5.32 Å². The van der Waals surface area contributed by atoms with Gasteiger partial charge >= 0.3 is 12.1 Å². The van der Waals surface area contributed by atoms with Gasteiger partial charge in [-0.1, -0.05) is 62.7 Å². The van der Waals surface area contributed by atoms with Crippen LogP contribution in [0.25, 0.3) is 11.1 Å². The van der Waals surface area contributed by atoms with Gasteiger partial charge in [-0.25, -0.2) is 9.59 Å². The van der Waals surface area contributed by atoms with Gasteiger partial charge in [-0.3, -0.25) is 0 Å². The lowest BCUT2D eigenvalue weighted by Crippen LogP contribution is -2.45. The first kappa shape index (κ1) is 18.0. The van der Waals surface area contributed by atoms with Gasteiger partial charge in [-0.2, -0.15) is 0 Å². The number of aliphatic carboxylic acids is 1. The zero-order chi connectivity index (χ0) is 18.7. The molecular formula is C21H23NO4. The maximum atomic E-state index is 12.1. The molecule has 0 heterocycles. The minimum atomic E-state index is -1.05. The molecule has 136 valence electrons. The standard InChI is InChI=1S/C21H23NO4/c1-3-13(2)19(20(23)24)22-21(25)26-12-15-8-6-10-17-16-9-5-4-7-14(16)11-18(15)17/h4-10,13,19H,3,11-12H2,1-2H3,(H,22,25)(H,23,24)/t13-,19+/m0/s1. The second-order valence-corrected chi connectivity index (χ2v) is 6.70. The summed E-state index contributed by atoms with van der Waals surface area (Å²) in [6.45, 7) is 3.80. The van der Waals surface area contributed by atoms with Crippen molar-refractivity contribution in [1.82, 2.24) is 5.32 Å². The van der Waals surface area contributed by atoms with Crippen molar-refractivity contribution in [3.63, 3.8) is 0 Å². The van der Waals surface area contributed by atoms with E-state index in [2.05, 4.69) is 23.5 Å². The number of alkyl carbamates (subject to hydrolysis) is 1. The molecule has 0 radical (unpaired) electrons. The van der Waals surface area contributed by atoms with Crippen LogP contribution in [0.1, 0.15) is 37.0 Å². The molecule has 0 aliphatic heterocycles. The molecule has 0 bridgehead atoms. The minimum absolute atomic E-state index is 0.121. The van der Waals surface area contributed by atoms with Crippen molar-refractivity contribution < 1.29 is 19.4 Å². The van der Waals surface area contributed by atoms with E-state index >= 15 is 0 Å². The van der Waals surface area contributed by atoms with Gasteiger partial charge in [0, 0.05) is 0 Å².